The molecule has 20 heavy (non-hydrogen) atoms. The van der Waals surface area contributed by atoms with Gasteiger partial charge < -0.3 is 9.47 Å². The van der Waals surface area contributed by atoms with Crippen LogP contribution < -0.4 is 9.47 Å². The molecule has 1 unspecified atom stereocenters. The van der Waals surface area contributed by atoms with Crippen LogP contribution in [0.5, 0.6) is 11.5 Å². The molecule has 0 amide bonds. The lowest BCUT2D eigenvalue weighted by molar-refractivity contribution is 0.171. The summed E-state index contributed by atoms with van der Waals surface area (Å²) in [7, 11) is 0. The highest BCUT2D eigenvalue weighted by Crippen LogP contribution is 2.36. The summed E-state index contributed by atoms with van der Waals surface area (Å²) in [6.45, 7) is 3.37. The molecule has 2 aromatic rings. The van der Waals surface area contributed by atoms with Gasteiger partial charge in [-0.25, -0.2) is 0 Å². The number of halogens is 1. The van der Waals surface area contributed by atoms with Gasteiger partial charge in [-0.2, -0.15) is 0 Å². The Labute approximate surface area is 127 Å². The number of ether oxygens (including phenoxy) is 2. The zero-order chi connectivity index (χ0) is 13.9. The van der Waals surface area contributed by atoms with E-state index in [-0.39, 0.29) is 4.83 Å². The molecule has 1 atom stereocenters. The Bertz CT molecular complexity index is 592. The lowest BCUT2D eigenvalue weighted by Gasteiger charge is -2.20. The van der Waals surface area contributed by atoms with Crippen LogP contribution in [0.25, 0.3) is 0 Å². The molecular weight excluding hydrogens is 316 g/mol. The molecule has 1 heterocycles. The van der Waals surface area contributed by atoms with Gasteiger partial charge in [0.2, 0.25) is 0 Å². The first-order chi connectivity index (χ1) is 9.72. The van der Waals surface area contributed by atoms with Crippen molar-refractivity contribution in [1.29, 1.82) is 0 Å². The third-order valence-corrected chi connectivity index (χ3v) is 4.32. The van der Waals surface area contributed by atoms with E-state index in [0.29, 0.717) is 13.2 Å². The topological polar surface area (TPSA) is 18.5 Å². The van der Waals surface area contributed by atoms with E-state index in [0.717, 1.165) is 17.9 Å². The minimum absolute atomic E-state index is 0.279. The zero-order valence-corrected chi connectivity index (χ0v) is 13.0. The number of hydrogen-bond donors (Lipinski definition) is 0. The molecule has 2 nitrogen and oxygen atoms in total. The number of hydrogen-bond acceptors (Lipinski definition) is 2. The van der Waals surface area contributed by atoms with E-state index in [1.54, 1.807) is 0 Å². The van der Waals surface area contributed by atoms with Crippen LogP contribution in [0, 0.1) is 6.92 Å². The fourth-order valence-electron chi connectivity index (χ4n) is 2.30. The molecule has 0 aromatic heterocycles. The van der Waals surface area contributed by atoms with Crippen LogP contribution in [0.15, 0.2) is 42.5 Å². The van der Waals surface area contributed by atoms with Crippen LogP contribution >= 0.6 is 15.9 Å². The van der Waals surface area contributed by atoms with Gasteiger partial charge in [-0.15, -0.1) is 0 Å². The van der Waals surface area contributed by atoms with Gasteiger partial charge in [-0.05, 0) is 36.6 Å². The van der Waals surface area contributed by atoms with Crippen molar-refractivity contribution in [3.05, 3.63) is 59.2 Å². The Morgan fingerprint density at radius 3 is 2.45 bits per heavy atom. The molecule has 1 aliphatic heterocycles. The molecule has 0 aliphatic carbocycles. The van der Waals surface area contributed by atoms with Gasteiger partial charge in [-0.1, -0.05) is 51.8 Å². The maximum Gasteiger partial charge on any atom is 0.161 e. The summed E-state index contributed by atoms with van der Waals surface area (Å²) in [5, 5.41) is 0. The largest absolute Gasteiger partial charge is 0.486 e. The smallest absolute Gasteiger partial charge is 0.161 e. The van der Waals surface area contributed by atoms with E-state index >= 15 is 0 Å². The Hall–Kier alpha value is -1.48. The Morgan fingerprint density at radius 1 is 1.00 bits per heavy atom. The van der Waals surface area contributed by atoms with Gasteiger partial charge in [-0.3, -0.25) is 0 Å². The fourth-order valence-corrected chi connectivity index (χ4v) is 2.96. The molecule has 3 rings (SSSR count). The molecule has 0 saturated heterocycles. The first-order valence-electron chi connectivity index (χ1n) is 6.81. The molecule has 1 aliphatic rings. The zero-order valence-electron chi connectivity index (χ0n) is 11.4. The number of alkyl halides is 1. The number of rotatable bonds is 3. The quantitative estimate of drug-likeness (QED) is 0.773. The number of benzene rings is 2. The summed E-state index contributed by atoms with van der Waals surface area (Å²) in [6.07, 6.45) is 0.958. The van der Waals surface area contributed by atoms with Crippen LogP contribution in [0.1, 0.15) is 21.5 Å². The summed E-state index contributed by atoms with van der Waals surface area (Å²) in [4.78, 5) is 0.279. The predicted molar refractivity (Wildman–Crippen MR) is 84.0 cm³/mol. The Kier molecular flexibility index (Phi) is 3.97. The van der Waals surface area contributed by atoms with Gasteiger partial charge in [0.15, 0.2) is 11.5 Å². The van der Waals surface area contributed by atoms with E-state index in [1.807, 2.05) is 6.07 Å². The van der Waals surface area contributed by atoms with Gasteiger partial charge in [0, 0.05) is 4.83 Å². The van der Waals surface area contributed by atoms with Crippen molar-refractivity contribution >= 4 is 15.9 Å². The fraction of sp³-hybridized carbons (Fsp3) is 0.294. The summed E-state index contributed by atoms with van der Waals surface area (Å²) in [5.74, 6) is 1.69. The third kappa shape index (κ3) is 2.98. The van der Waals surface area contributed by atoms with E-state index in [9.17, 15) is 0 Å². The monoisotopic (exact) mass is 332 g/mol. The number of fused-ring (bicyclic) bond motifs is 1. The molecule has 3 heteroatoms. The van der Waals surface area contributed by atoms with Crippen LogP contribution in [0.3, 0.4) is 0 Å². The van der Waals surface area contributed by atoms with Crippen molar-refractivity contribution in [3.63, 3.8) is 0 Å². The standard InChI is InChI=1S/C17H17BrO2/c1-12-2-4-13(5-3-12)10-15(18)14-6-7-16-17(11-14)20-9-8-19-16/h2-7,11,15H,8-10H2,1H3. The average molecular weight is 333 g/mol. The molecule has 2 aromatic carbocycles. The minimum Gasteiger partial charge on any atom is -0.486 e. The second-order valence-electron chi connectivity index (χ2n) is 5.06. The first kappa shape index (κ1) is 13.5. The van der Waals surface area contributed by atoms with Gasteiger partial charge in [0.25, 0.3) is 0 Å². The second-order valence-corrected chi connectivity index (χ2v) is 6.17. The highest BCUT2D eigenvalue weighted by Gasteiger charge is 2.15. The van der Waals surface area contributed by atoms with Crippen molar-refractivity contribution in [3.8, 4) is 11.5 Å². The maximum absolute atomic E-state index is 5.63. The third-order valence-electron chi connectivity index (χ3n) is 3.46. The first-order valence-corrected chi connectivity index (χ1v) is 7.73. The highest BCUT2D eigenvalue weighted by molar-refractivity contribution is 9.09. The predicted octanol–water partition coefficient (Wildman–Crippen LogP) is 4.44. The Balaban J connectivity index is 1.76. The van der Waals surface area contributed by atoms with E-state index in [4.69, 9.17) is 9.47 Å². The van der Waals surface area contributed by atoms with Crippen LogP contribution in [-0.4, -0.2) is 13.2 Å². The molecule has 0 bridgehead atoms. The van der Waals surface area contributed by atoms with Crippen molar-refractivity contribution in [2.45, 2.75) is 18.2 Å². The maximum atomic E-state index is 5.63. The van der Waals surface area contributed by atoms with Crippen molar-refractivity contribution in [2.75, 3.05) is 13.2 Å². The van der Waals surface area contributed by atoms with E-state index < -0.39 is 0 Å². The van der Waals surface area contributed by atoms with Gasteiger partial charge in [0.05, 0.1) is 0 Å². The summed E-state index contributed by atoms with van der Waals surface area (Å²) in [5.41, 5.74) is 3.83. The van der Waals surface area contributed by atoms with E-state index in [1.165, 1.54) is 16.7 Å². The molecule has 0 saturated carbocycles. The molecular formula is C17H17BrO2. The Morgan fingerprint density at radius 2 is 1.70 bits per heavy atom. The average Bonchev–Trinajstić information content (AvgIpc) is 2.49. The lowest BCUT2D eigenvalue weighted by Crippen LogP contribution is -2.15. The van der Waals surface area contributed by atoms with Gasteiger partial charge in [0.1, 0.15) is 13.2 Å². The molecule has 0 spiro atoms. The summed E-state index contributed by atoms with van der Waals surface area (Å²) in [6, 6.07) is 14.8. The van der Waals surface area contributed by atoms with Crippen LogP contribution in [0.2, 0.25) is 0 Å². The van der Waals surface area contributed by atoms with Crippen molar-refractivity contribution in [1.82, 2.24) is 0 Å². The second kappa shape index (κ2) is 5.88. The van der Waals surface area contributed by atoms with Gasteiger partial charge >= 0.3 is 0 Å². The SMILES string of the molecule is Cc1ccc(CC(Br)c2ccc3c(c2)OCCO3)cc1. The molecule has 104 valence electrons. The van der Waals surface area contributed by atoms with Crippen molar-refractivity contribution in [2.24, 2.45) is 0 Å². The number of aryl methyl sites for hydroxylation is 1. The molecule has 0 N–H and O–H groups in total. The lowest BCUT2D eigenvalue weighted by atomic mass is 10.0. The van der Waals surface area contributed by atoms with E-state index in [2.05, 4.69) is 59.3 Å². The normalized spacial score (nSPS) is 14.9. The minimum atomic E-state index is 0.279. The molecule has 0 radical (unpaired) electrons. The molecule has 0 fully saturated rings. The highest BCUT2D eigenvalue weighted by atomic mass is 79.9. The van der Waals surface area contributed by atoms with Crippen molar-refractivity contribution < 1.29 is 9.47 Å². The summed E-state index contributed by atoms with van der Waals surface area (Å²) >= 11 is 3.77. The van der Waals surface area contributed by atoms with Crippen LogP contribution in [-0.2, 0) is 6.42 Å². The van der Waals surface area contributed by atoms with Crippen LogP contribution in [0.4, 0.5) is 0 Å². The summed E-state index contributed by atoms with van der Waals surface area (Å²) < 4.78 is 11.2.